The molecule has 1 aromatic heterocycles. The van der Waals surface area contributed by atoms with Crippen molar-refractivity contribution >= 4 is 11.8 Å². The first-order valence-corrected chi connectivity index (χ1v) is 7.45. The Hall–Kier alpha value is -1.66. The number of aromatic amines is 1. The maximum absolute atomic E-state index is 13.8. The molecule has 0 spiro atoms. The summed E-state index contributed by atoms with van der Waals surface area (Å²) < 4.78 is 13.8. The molecule has 2 aromatic rings. The highest BCUT2D eigenvalue weighted by atomic mass is 32.2. The van der Waals surface area contributed by atoms with E-state index in [1.54, 1.807) is 19.9 Å². The number of nitrogens with one attached hydrogen (secondary N) is 2. The van der Waals surface area contributed by atoms with Crippen molar-refractivity contribution in [3.8, 4) is 0 Å². The average Bonchev–Trinajstić information content (AvgIpc) is 2.40. The van der Waals surface area contributed by atoms with Gasteiger partial charge in [-0.15, -0.1) is 0 Å². The first kappa shape index (κ1) is 15.7. The van der Waals surface area contributed by atoms with Crippen molar-refractivity contribution < 1.29 is 4.39 Å². The molecule has 1 unspecified atom stereocenters. The molecule has 0 bridgehead atoms. The Bertz CT molecular complexity index is 715. The van der Waals surface area contributed by atoms with Gasteiger partial charge in [0.05, 0.1) is 0 Å². The van der Waals surface area contributed by atoms with Crippen LogP contribution in [0.2, 0.25) is 0 Å². The molecule has 0 aliphatic carbocycles. The van der Waals surface area contributed by atoms with Crippen molar-refractivity contribution in [1.29, 1.82) is 0 Å². The van der Waals surface area contributed by atoms with E-state index in [9.17, 15) is 9.18 Å². The van der Waals surface area contributed by atoms with Crippen LogP contribution in [0.3, 0.4) is 0 Å². The van der Waals surface area contributed by atoms with Crippen LogP contribution in [-0.4, -0.2) is 17.0 Å². The van der Waals surface area contributed by atoms with Gasteiger partial charge in [0.15, 0.2) is 5.16 Å². The summed E-state index contributed by atoms with van der Waals surface area (Å²) >= 11 is 1.34. The molecule has 6 heteroatoms. The summed E-state index contributed by atoms with van der Waals surface area (Å²) in [4.78, 5) is 19.4. The number of halogens is 1. The largest absolute Gasteiger partial charge is 0.313 e. The van der Waals surface area contributed by atoms with E-state index in [-0.39, 0.29) is 17.4 Å². The Morgan fingerprint density at radius 2 is 2.05 bits per heavy atom. The van der Waals surface area contributed by atoms with Crippen LogP contribution >= 0.6 is 11.8 Å². The summed E-state index contributed by atoms with van der Waals surface area (Å²) in [5.41, 5.74) is 1.88. The van der Waals surface area contributed by atoms with E-state index in [0.717, 1.165) is 10.5 Å². The molecule has 4 nitrogen and oxygen atoms in total. The van der Waals surface area contributed by atoms with Crippen LogP contribution in [-0.2, 0) is 0 Å². The van der Waals surface area contributed by atoms with Crippen LogP contribution < -0.4 is 10.9 Å². The molecule has 0 saturated carbocycles. The lowest BCUT2D eigenvalue weighted by atomic mass is 10.1. The predicted molar refractivity (Wildman–Crippen MR) is 82.3 cm³/mol. The number of H-pyrrole nitrogens is 1. The fourth-order valence-electron chi connectivity index (χ4n) is 1.96. The normalized spacial score (nSPS) is 12.4. The summed E-state index contributed by atoms with van der Waals surface area (Å²) in [6.45, 7) is 5.45. The van der Waals surface area contributed by atoms with E-state index in [1.807, 2.05) is 14.0 Å². The van der Waals surface area contributed by atoms with E-state index < -0.39 is 0 Å². The van der Waals surface area contributed by atoms with Crippen molar-refractivity contribution in [3.05, 3.63) is 51.2 Å². The summed E-state index contributed by atoms with van der Waals surface area (Å²) in [6.07, 6.45) is 0. The van der Waals surface area contributed by atoms with E-state index in [1.165, 1.54) is 23.9 Å². The maximum Gasteiger partial charge on any atom is 0.251 e. The topological polar surface area (TPSA) is 57.8 Å². The highest BCUT2D eigenvalue weighted by Crippen LogP contribution is 2.33. The molecule has 112 valence electrons. The van der Waals surface area contributed by atoms with Crippen molar-refractivity contribution in [2.75, 3.05) is 7.05 Å². The minimum absolute atomic E-state index is 0.000805. The Morgan fingerprint density at radius 3 is 2.67 bits per heavy atom. The number of hydrogen-bond acceptors (Lipinski definition) is 4. The van der Waals surface area contributed by atoms with Gasteiger partial charge >= 0.3 is 0 Å². The van der Waals surface area contributed by atoms with Gasteiger partial charge in [0.1, 0.15) is 5.82 Å². The molecule has 1 heterocycles. The molecule has 0 amide bonds. The second kappa shape index (κ2) is 6.41. The molecule has 1 aromatic carbocycles. The molecule has 2 N–H and O–H groups in total. The Balaban J connectivity index is 2.47. The van der Waals surface area contributed by atoms with Gasteiger partial charge in [-0.25, -0.2) is 9.37 Å². The van der Waals surface area contributed by atoms with Gasteiger partial charge in [-0.05, 0) is 51.1 Å². The fraction of sp³-hybridized carbons (Fsp3) is 0.333. The zero-order valence-electron chi connectivity index (χ0n) is 12.5. The number of benzene rings is 1. The van der Waals surface area contributed by atoms with Crippen LogP contribution in [0.5, 0.6) is 0 Å². The number of aryl methyl sites for hydroxylation is 2. The zero-order valence-corrected chi connectivity index (χ0v) is 13.3. The highest BCUT2D eigenvalue weighted by molar-refractivity contribution is 7.99. The molecule has 0 saturated heterocycles. The minimum Gasteiger partial charge on any atom is -0.313 e. The van der Waals surface area contributed by atoms with Gasteiger partial charge in [0.2, 0.25) is 0 Å². The van der Waals surface area contributed by atoms with Crippen molar-refractivity contribution in [1.82, 2.24) is 15.3 Å². The molecule has 21 heavy (non-hydrogen) atoms. The number of hydrogen-bond donors (Lipinski definition) is 2. The maximum atomic E-state index is 13.8. The molecule has 0 aliphatic rings. The van der Waals surface area contributed by atoms with Gasteiger partial charge < -0.3 is 10.3 Å². The first-order chi connectivity index (χ1) is 9.90. The smallest absolute Gasteiger partial charge is 0.251 e. The van der Waals surface area contributed by atoms with E-state index in [4.69, 9.17) is 0 Å². The third-order valence-corrected chi connectivity index (χ3v) is 4.21. The zero-order chi connectivity index (χ0) is 15.6. The fourth-order valence-corrected chi connectivity index (χ4v) is 3.10. The van der Waals surface area contributed by atoms with Crippen LogP contribution in [0, 0.1) is 19.7 Å². The van der Waals surface area contributed by atoms with Crippen molar-refractivity contribution in [2.24, 2.45) is 0 Å². The molecule has 2 rings (SSSR count). The van der Waals surface area contributed by atoms with Gasteiger partial charge in [0, 0.05) is 22.7 Å². The number of nitrogens with zero attached hydrogens (tertiary/aromatic N) is 1. The second-order valence-corrected chi connectivity index (χ2v) is 5.97. The van der Waals surface area contributed by atoms with Gasteiger partial charge in [-0.3, -0.25) is 4.79 Å². The first-order valence-electron chi connectivity index (χ1n) is 6.64. The Morgan fingerprint density at radius 1 is 1.33 bits per heavy atom. The molecule has 0 fully saturated rings. The molecular formula is C15H18FN3OS. The van der Waals surface area contributed by atoms with Crippen LogP contribution in [0.1, 0.15) is 29.8 Å². The van der Waals surface area contributed by atoms with Gasteiger partial charge in [0.25, 0.3) is 5.56 Å². The molecule has 0 aliphatic heterocycles. The van der Waals surface area contributed by atoms with Crippen LogP contribution in [0.4, 0.5) is 4.39 Å². The Kier molecular flexibility index (Phi) is 4.80. The number of rotatable bonds is 4. The summed E-state index contributed by atoms with van der Waals surface area (Å²) in [5, 5.41) is 3.61. The molecular weight excluding hydrogens is 289 g/mol. The number of aromatic nitrogens is 2. The standard InChI is InChI=1S/C15H18FN3OS/c1-8-5-13(11(7-12(8)16)10(3)17-4)21-15-18-9(2)6-14(20)19-15/h5-7,10,17H,1-4H3,(H,18,19,20). The summed E-state index contributed by atoms with van der Waals surface area (Å²) in [6, 6.07) is 4.76. The summed E-state index contributed by atoms with van der Waals surface area (Å²) in [5.74, 6) is -0.234. The monoisotopic (exact) mass is 307 g/mol. The minimum atomic E-state index is -0.234. The van der Waals surface area contributed by atoms with Crippen molar-refractivity contribution in [3.63, 3.8) is 0 Å². The predicted octanol–water partition coefficient (Wildman–Crippen LogP) is 2.96. The third kappa shape index (κ3) is 3.71. The van der Waals surface area contributed by atoms with Crippen LogP contribution in [0.15, 0.2) is 33.0 Å². The Labute approximate surface area is 127 Å². The average molecular weight is 307 g/mol. The SMILES string of the molecule is CNC(C)c1cc(F)c(C)cc1Sc1nc(C)cc(=O)[nH]1. The lowest BCUT2D eigenvalue weighted by Gasteiger charge is -2.16. The second-order valence-electron chi connectivity index (χ2n) is 4.94. The molecule has 0 radical (unpaired) electrons. The van der Waals surface area contributed by atoms with E-state index in [2.05, 4.69) is 15.3 Å². The third-order valence-electron chi connectivity index (χ3n) is 3.25. The van der Waals surface area contributed by atoms with Crippen molar-refractivity contribution in [2.45, 2.75) is 36.9 Å². The molecule has 1 atom stereocenters. The lowest BCUT2D eigenvalue weighted by Crippen LogP contribution is -2.14. The van der Waals surface area contributed by atoms with E-state index >= 15 is 0 Å². The van der Waals surface area contributed by atoms with Gasteiger partial charge in [-0.2, -0.15) is 0 Å². The van der Waals surface area contributed by atoms with E-state index in [0.29, 0.717) is 16.4 Å². The summed E-state index contributed by atoms with van der Waals surface area (Å²) in [7, 11) is 1.82. The highest BCUT2D eigenvalue weighted by Gasteiger charge is 2.14. The lowest BCUT2D eigenvalue weighted by molar-refractivity contribution is 0.594. The van der Waals surface area contributed by atoms with Gasteiger partial charge in [-0.1, -0.05) is 11.8 Å². The quantitative estimate of drug-likeness (QED) is 0.853. The van der Waals surface area contributed by atoms with Crippen LogP contribution in [0.25, 0.3) is 0 Å².